The lowest BCUT2D eigenvalue weighted by Crippen LogP contribution is -2.29. The van der Waals surface area contributed by atoms with Gasteiger partial charge >= 0.3 is 0 Å². The predicted molar refractivity (Wildman–Crippen MR) is 59.2 cm³/mol. The molecule has 1 aromatic rings. The summed E-state index contributed by atoms with van der Waals surface area (Å²) < 4.78 is 1.30. The van der Waals surface area contributed by atoms with Crippen molar-refractivity contribution in [3.05, 3.63) is 20.3 Å². The van der Waals surface area contributed by atoms with E-state index in [0.717, 1.165) is 5.92 Å². The van der Waals surface area contributed by atoms with Crippen molar-refractivity contribution in [2.24, 2.45) is 5.92 Å². The van der Waals surface area contributed by atoms with Gasteiger partial charge in [0.25, 0.3) is 0 Å². The highest BCUT2D eigenvalue weighted by molar-refractivity contribution is 9.11. The normalized spacial score (nSPS) is 27.3. The van der Waals surface area contributed by atoms with Crippen LogP contribution in [-0.2, 0) is 6.42 Å². The monoisotopic (exact) mass is 257 g/mol. The van der Waals surface area contributed by atoms with Gasteiger partial charge in [-0.3, -0.25) is 0 Å². The Morgan fingerprint density at radius 1 is 1.46 bits per heavy atom. The quantitative estimate of drug-likeness (QED) is 0.816. The van der Waals surface area contributed by atoms with Gasteiger partial charge in [0.2, 0.25) is 0 Å². The fourth-order valence-corrected chi connectivity index (χ4v) is 3.93. The first-order valence-corrected chi connectivity index (χ1v) is 6.47. The second-order valence-electron chi connectivity index (χ2n) is 3.95. The average Bonchev–Trinajstić information content (AvgIpc) is 2.86. The van der Waals surface area contributed by atoms with Gasteiger partial charge in [0.15, 0.2) is 0 Å². The summed E-state index contributed by atoms with van der Waals surface area (Å²) in [5.74, 6) is 0.931. The molecule has 1 fully saturated rings. The molecule has 0 bridgehead atoms. The van der Waals surface area contributed by atoms with E-state index in [1.807, 2.05) is 11.3 Å². The van der Waals surface area contributed by atoms with Gasteiger partial charge in [0.05, 0.1) is 3.79 Å². The van der Waals surface area contributed by atoms with Gasteiger partial charge in [0, 0.05) is 17.5 Å². The van der Waals surface area contributed by atoms with Gasteiger partial charge in [-0.2, -0.15) is 0 Å². The van der Waals surface area contributed by atoms with Crippen molar-refractivity contribution < 1.29 is 0 Å². The Kier molecular flexibility index (Phi) is 2.00. The zero-order valence-corrected chi connectivity index (χ0v) is 9.75. The third kappa shape index (κ3) is 1.47. The highest BCUT2D eigenvalue weighted by Crippen LogP contribution is 2.45. The molecule has 1 aliphatic carbocycles. The average molecular weight is 258 g/mol. The maximum absolute atomic E-state index is 3.64. The molecule has 0 saturated heterocycles. The van der Waals surface area contributed by atoms with Crippen LogP contribution < -0.4 is 5.32 Å². The van der Waals surface area contributed by atoms with Gasteiger partial charge in [-0.05, 0) is 52.7 Å². The highest BCUT2D eigenvalue weighted by Gasteiger charge is 2.35. The van der Waals surface area contributed by atoms with Crippen LogP contribution in [0, 0.1) is 5.92 Å². The lowest BCUT2D eigenvalue weighted by molar-refractivity contribution is 0.462. The minimum Gasteiger partial charge on any atom is -0.309 e. The molecule has 0 spiro atoms. The van der Waals surface area contributed by atoms with Crippen molar-refractivity contribution in [1.82, 2.24) is 5.32 Å². The third-order valence-corrected chi connectivity index (χ3v) is 4.67. The Labute approximate surface area is 90.7 Å². The first kappa shape index (κ1) is 8.45. The lowest BCUT2D eigenvalue weighted by atomic mass is 9.99. The molecular weight excluding hydrogens is 246 g/mol. The highest BCUT2D eigenvalue weighted by atomic mass is 79.9. The summed E-state index contributed by atoms with van der Waals surface area (Å²) in [6.45, 7) is 1.17. The molecule has 1 N–H and O–H groups in total. The molecule has 13 heavy (non-hydrogen) atoms. The number of hydrogen-bond acceptors (Lipinski definition) is 2. The fraction of sp³-hybridized carbons (Fsp3) is 0.600. The maximum atomic E-state index is 3.64. The largest absolute Gasteiger partial charge is 0.309 e. The molecule has 70 valence electrons. The number of fused-ring (bicyclic) bond motifs is 1. The second-order valence-corrected chi connectivity index (χ2v) is 6.46. The predicted octanol–water partition coefficient (Wildman–Crippen LogP) is 3.11. The van der Waals surface area contributed by atoms with Crippen LogP contribution in [0.25, 0.3) is 0 Å². The molecule has 3 heteroatoms. The van der Waals surface area contributed by atoms with Gasteiger partial charge in [0.1, 0.15) is 0 Å². The summed E-state index contributed by atoms with van der Waals surface area (Å²) in [6.07, 6.45) is 4.06. The Bertz CT molecular complexity index is 330. The van der Waals surface area contributed by atoms with E-state index in [1.165, 1.54) is 29.6 Å². The van der Waals surface area contributed by atoms with Crippen LogP contribution in [0.5, 0.6) is 0 Å². The lowest BCUT2D eigenvalue weighted by Gasteiger charge is -2.23. The standard InChI is InChI=1S/C10H12BrNS/c11-9-5-7-8(13-9)3-4-12-10(7)6-1-2-6/h5-6,10,12H,1-4H2. The van der Waals surface area contributed by atoms with E-state index < -0.39 is 0 Å². The molecular formula is C10H12BrNS. The summed E-state index contributed by atoms with van der Waals surface area (Å²) in [6, 6.07) is 2.99. The van der Waals surface area contributed by atoms with E-state index in [9.17, 15) is 0 Å². The van der Waals surface area contributed by atoms with Gasteiger partial charge < -0.3 is 5.32 Å². The van der Waals surface area contributed by atoms with Crippen molar-refractivity contribution >= 4 is 27.3 Å². The molecule has 0 radical (unpaired) electrons. The molecule has 1 unspecified atom stereocenters. The molecule has 1 atom stereocenters. The number of hydrogen-bond donors (Lipinski definition) is 1. The third-order valence-electron chi connectivity index (χ3n) is 2.96. The second kappa shape index (κ2) is 3.07. The molecule has 1 saturated carbocycles. The van der Waals surface area contributed by atoms with E-state index in [-0.39, 0.29) is 0 Å². The minimum atomic E-state index is 0.672. The fourth-order valence-electron chi connectivity index (χ4n) is 2.17. The summed E-state index contributed by atoms with van der Waals surface area (Å²) >= 11 is 5.50. The summed E-state index contributed by atoms with van der Waals surface area (Å²) in [4.78, 5) is 1.60. The topological polar surface area (TPSA) is 12.0 Å². The number of nitrogens with one attached hydrogen (secondary N) is 1. The first-order chi connectivity index (χ1) is 6.34. The molecule has 1 aliphatic heterocycles. The Hall–Kier alpha value is 0.140. The molecule has 2 heterocycles. The van der Waals surface area contributed by atoms with Crippen LogP contribution in [-0.4, -0.2) is 6.54 Å². The Balaban J connectivity index is 1.99. The molecule has 0 amide bonds. The van der Waals surface area contributed by atoms with Crippen LogP contribution in [0.15, 0.2) is 9.85 Å². The minimum absolute atomic E-state index is 0.672. The van der Waals surface area contributed by atoms with Gasteiger partial charge in [-0.15, -0.1) is 11.3 Å². The van der Waals surface area contributed by atoms with Crippen LogP contribution in [0.2, 0.25) is 0 Å². The molecule has 1 nitrogen and oxygen atoms in total. The SMILES string of the molecule is Brc1cc2c(s1)CCNC2C1CC1. The molecule has 3 rings (SSSR count). The smallest absolute Gasteiger partial charge is 0.0704 e. The number of halogens is 1. The summed E-state index contributed by atoms with van der Waals surface area (Å²) in [7, 11) is 0. The van der Waals surface area contributed by atoms with Crippen molar-refractivity contribution in [3.8, 4) is 0 Å². The maximum Gasteiger partial charge on any atom is 0.0704 e. The Morgan fingerprint density at radius 3 is 3.08 bits per heavy atom. The summed E-state index contributed by atoms with van der Waals surface area (Å²) in [5, 5.41) is 3.64. The van der Waals surface area contributed by atoms with Crippen molar-refractivity contribution in [1.29, 1.82) is 0 Å². The van der Waals surface area contributed by atoms with E-state index in [0.29, 0.717) is 6.04 Å². The van der Waals surface area contributed by atoms with E-state index in [4.69, 9.17) is 0 Å². The van der Waals surface area contributed by atoms with Crippen LogP contribution in [0.1, 0.15) is 29.3 Å². The Morgan fingerprint density at radius 2 is 2.31 bits per heavy atom. The van der Waals surface area contributed by atoms with E-state index in [2.05, 4.69) is 27.3 Å². The van der Waals surface area contributed by atoms with Crippen molar-refractivity contribution in [2.45, 2.75) is 25.3 Å². The van der Waals surface area contributed by atoms with E-state index >= 15 is 0 Å². The number of rotatable bonds is 1. The van der Waals surface area contributed by atoms with Crippen molar-refractivity contribution in [2.75, 3.05) is 6.54 Å². The molecule has 0 aromatic carbocycles. The molecule has 1 aromatic heterocycles. The van der Waals surface area contributed by atoms with Crippen molar-refractivity contribution in [3.63, 3.8) is 0 Å². The van der Waals surface area contributed by atoms with E-state index in [1.54, 1.807) is 10.4 Å². The van der Waals surface area contributed by atoms with Crippen LogP contribution in [0.4, 0.5) is 0 Å². The van der Waals surface area contributed by atoms with Crippen LogP contribution in [0.3, 0.4) is 0 Å². The van der Waals surface area contributed by atoms with Crippen LogP contribution >= 0.6 is 27.3 Å². The zero-order chi connectivity index (χ0) is 8.84. The molecule has 2 aliphatic rings. The van der Waals surface area contributed by atoms with Gasteiger partial charge in [-0.25, -0.2) is 0 Å². The number of thiophene rings is 1. The first-order valence-electron chi connectivity index (χ1n) is 4.86. The zero-order valence-electron chi connectivity index (χ0n) is 7.35. The summed E-state index contributed by atoms with van der Waals surface area (Å²) in [5.41, 5.74) is 1.57. The van der Waals surface area contributed by atoms with Gasteiger partial charge in [-0.1, -0.05) is 0 Å².